The summed E-state index contributed by atoms with van der Waals surface area (Å²) in [5.41, 5.74) is 0.522. The van der Waals surface area contributed by atoms with Gasteiger partial charge in [-0.25, -0.2) is 0 Å². The van der Waals surface area contributed by atoms with Gasteiger partial charge in [-0.2, -0.15) is 0 Å². The summed E-state index contributed by atoms with van der Waals surface area (Å²) in [4.78, 5) is 0. The van der Waals surface area contributed by atoms with Crippen LogP contribution < -0.4 is 10.1 Å². The van der Waals surface area contributed by atoms with Gasteiger partial charge in [-0.3, -0.25) is 0 Å². The summed E-state index contributed by atoms with van der Waals surface area (Å²) < 4.78 is 40.7. The van der Waals surface area contributed by atoms with Gasteiger partial charge in [0.05, 0.1) is 0 Å². The highest BCUT2D eigenvalue weighted by atomic mass is 19.4. The normalized spacial score (nSPS) is 11.9. The topological polar surface area (TPSA) is 21.3 Å². The average molecular weight is 289 g/mol. The first-order chi connectivity index (χ1) is 9.38. The molecule has 0 aliphatic heterocycles. The molecule has 1 rings (SSSR count). The van der Waals surface area contributed by atoms with Gasteiger partial charge in [0.15, 0.2) is 0 Å². The molecule has 1 N–H and O–H groups in total. The molecule has 0 aliphatic rings. The average Bonchev–Trinajstić information content (AvgIpc) is 2.33. The molecule has 20 heavy (non-hydrogen) atoms. The minimum Gasteiger partial charge on any atom is -0.405 e. The van der Waals surface area contributed by atoms with Gasteiger partial charge in [0.25, 0.3) is 0 Å². The van der Waals surface area contributed by atoms with Crippen molar-refractivity contribution < 1.29 is 17.9 Å². The van der Waals surface area contributed by atoms with E-state index >= 15 is 0 Å². The number of benzene rings is 1. The van der Waals surface area contributed by atoms with Crippen LogP contribution in [-0.4, -0.2) is 12.9 Å². The van der Waals surface area contributed by atoms with Crippen molar-refractivity contribution in [3.63, 3.8) is 0 Å². The Labute approximate surface area is 118 Å². The van der Waals surface area contributed by atoms with Crippen molar-refractivity contribution in [3.05, 3.63) is 29.8 Å². The summed E-state index contributed by atoms with van der Waals surface area (Å²) in [7, 11) is 0. The molecular weight excluding hydrogens is 267 g/mol. The largest absolute Gasteiger partial charge is 0.573 e. The van der Waals surface area contributed by atoms with Crippen LogP contribution in [0.5, 0.6) is 5.75 Å². The first kappa shape index (κ1) is 16.8. The Kier molecular flexibility index (Phi) is 6.85. The molecule has 0 saturated heterocycles. The van der Waals surface area contributed by atoms with E-state index in [1.54, 1.807) is 12.1 Å². The van der Waals surface area contributed by atoms with Crippen molar-refractivity contribution in [2.75, 3.05) is 6.54 Å². The Morgan fingerprint density at radius 1 is 1.15 bits per heavy atom. The van der Waals surface area contributed by atoms with E-state index in [0.29, 0.717) is 18.0 Å². The van der Waals surface area contributed by atoms with Gasteiger partial charge in [-0.05, 0) is 24.9 Å². The highest BCUT2D eigenvalue weighted by Gasteiger charge is 2.31. The van der Waals surface area contributed by atoms with Gasteiger partial charge < -0.3 is 10.1 Å². The molecule has 0 spiro atoms. The Morgan fingerprint density at radius 3 is 2.50 bits per heavy atom. The van der Waals surface area contributed by atoms with Crippen molar-refractivity contribution >= 4 is 0 Å². The van der Waals surface area contributed by atoms with Gasteiger partial charge in [0.2, 0.25) is 0 Å². The van der Waals surface area contributed by atoms with Crippen molar-refractivity contribution in [3.8, 4) is 5.75 Å². The Bertz CT molecular complexity index is 391. The van der Waals surface area contributed by atoms with Crippen molar-refractivity contribution in [2.24, 2.45) is 5.92 Å². The zero-order chi connectivity index (χ0) is 15.0. The maximum absolute atomic E-state index is 12.2. The number of hydrogen-bond donors (Lipinski definition) is 1. The Balaban J connectivity index is 2.36. The van der Waals surface area contributed by atoms with E-state index in [1.165, 1.54) is 18.6 Å². The lowest BCUT2D eigenvalue weighted by atomic mass is 10.1. The number of para-hydroxylation sites is 1. The van der Waals surface area contributed by atoms with Crippen LogP contribution in [-0.2, 0) is 6.54 Å². The molecule has 0 radical (unpaired) electrons. The molecule has 0 amide bonds. The lowest BCUT2D eigenvalue weighted by Gasteiger charge is -2.13. The lowest BCUT2D eigenvalue weighted by Crippen LogP contribution is -2.20. The van der Waals surface area contributed by atoms with E-state index in [2.05, 4.69) is 23.9 Å². The molecule has 1 aromatic carbocycles. The van der Waals surface area contributed by atoms with Crippen molar-refractivity contribution in [1.82, 2.24) is 5.32 Å². The second kappa shape index (κ2) is 8.15. The first-order valence-electron chi connectivity index (χ1n) is 6.93. The van der Waals surface area contributed by atoms with Crippen molar-refractivity contribution in [1.29, 1.82) is 0 Å². The fraction of sp³-hybridized carbons (Fsp3) is 0.600. The van der Waals surface area contributed by atoms with E-state index in [9.17, 15) is 13.2 Å². The van der Waals surface area contributed by atoms with Gasteiger partial charge >= 0.3 is 6.36 Å². The van der Waals surface area contributed by atoms with Crippen LogP contribution in [0.15, 0.2) is 24.3 Å². The summed E-state index contributed by atoms with van der Waals surface area (Å²) in [6.07, 6.45) is -1.31. The zero-order valence-electron chi connectivity index (χ0n) is 12.0. The molecule has 2 nitrogen and oxygen atoms in total. The maximum atomic E-state index is 12.2. The monoisotopic (exact) mass is 289 g/mol. The SMILES string of the molecule is CC(C)CCCCNCc1ccccc1OC(F)(F)F. The predicted octanol–water partition coefficient (Wildman–Crippen LogP) is 4.50. The number of nitrogens with one attached hydrogen (secondary N) is 1. The van der Waals surface area contributed by atoms with Crippen LogP contribution in [0.3, 0.4) is 0 Å². The molecule has 0 aromatic heterocycles. The first-order valence-corrected chi connectivity index (χ1v) is 6.93. The molecule has 0 saturated carbocycles. The van der Waals surface area contributed by atoms with E-state index in [1.807, 2.05) is 0 Å². The summed E-state index contributed by atoms with van der Waals surface area (Å²) in [5, 5.41) is 3.15. The summed E-state index contributed by atoms with van der Waals surface area (Å²) in [5.74, 6) is 0.561. The van der Waals surface area contributed by atoms with E-state index in [4.69, 9.17) is 0 Å². The molecule has 0 unspecified atom stereocenters. The van der Waals surface area contributed by atoms with Crippen LogP contribution >= 0.6 is 0 Å². The summed E-state index contributed by atoms with van der Waals surface area (Å²) >= 11 is 0. The number of rotatable bonds is 8. The number of hydrogen-bond acceptors (Lipinski definition) is 2. The Morgan fingerprint density at radius 2 is 1.85 bits per heavy atom. The number of ether oxygens (including phenoxy) is 1. The van der Waals surface area contributed by atoms with Crippen LogP contribution in [0.2, 0.25) is 0 Å². The smallest absolute Gasteiger partial charge is 0.405 e. The highest BCUT2D eigenvalue weighted by Crippen LogP contribution is 2.26. The second-order valence-corrected chi connectivity index (χ2v) is 5.22. The van der Waals surface area contributed by atoms with Crippen LogP contribution in [0.4, 0.5) is 13.2 Å². The molecule has 0 bridgehead atoms. The van der Waals surface area contributed by atoms with Crippen LogP contribution in [0, 0.1) is 5.92 Å². The number of unbranched alkanes of at least 4 members (excludes halogenated alkanes) is 1. The van der Waals surface area contributed by atoms with Crippen molar-refractivity contribution in [2.45, 2.75) is 46.0 Å². The van der Waals surface area contributed by atoms with E-state index < -0.39 is 6.36 Å². The third-order valence-electron chi connectivity index (χ3n) is 2.90. The molecule has 114 valence electrons. The molecule has 0 fully saturated rings. The third kappa shape index (κ3) is 7.38. The predicted molar refractivity (Wildman–Crippen MR) is 73.5 cm³/mol. The highest BCUT2D eigenvalue weighted by molar-refractivity contribution is 5.33. The number of alkyl halides is 3. The standard InChI is InChI=1S/C15H22F3NO/c1-12(2)7-5-6-10-19-11-13-8-3-4-9-14(13)20-15(16,17)18/h3-4,8-9,12,19H,5-7,10-11H2,1-2H3. The summed E-state index contributed by atoms with van der Waals surface area (Å²) in [6, 6.07) is 6.22. The fourth-order valence-electron chi connectivity index (χ4n) is 1.90. The molecular formula is C15H22F3NO. The molecule has 0 heterocycles. The third-order valence-corrected chi connectivity index (χ3v) is 2.90. The maximum Gasteiger partial charge on any atom is 0.573 e. The van der Waals surface area contributed by atoms with Gasteiger partial charge in [0.1, 0.15) is 5.75 Å². The lowest BCUT2D eigenvalue weighted by molar-refractivity contribution is -0.274. The van der Waals surface area contributed by atoms with Crippen LogP contribution in [0.1, 0.15) is 38.7 Å². The van der Waals surface area contributed by atoms with Gasteiger partial charge in [0, 0.05) is 12.1 Å². The van der Waals surface area contributed by atoms with E-state index in [0.717, 1.165) is 19.4 Å². The van der Waals surface area contributed by atoms with Crippen LogP contribution in [0.25, 0.3) is 0 Å². The molecule has 0 aliphatic carbocycles. The fourth-order valence-corrected chi connectivity index (χ4v) is 1.90. The Hall–Kier alpha value is -1.23. The minimum absolute atomic E-state index is 0.130. The van der Waals surface area contributed by atoms with Gasteiger partial charge in [-0.1, -0.05) is 44.9 Å². The second-order valence-electron chi connectivity index (χ2n) is 5.22. The number of halogens is 3. The van der Waals surface area contributed by atoms with E-state index in [-0.39, 0.29) is 5.75 Å². The minimum atomic E-state index is -4.65. The quantitative estimate of drug-likeness (QED) is 0.711. The molecule has 0 atom stereocenters. The van der Waals surface area contributed by atoms with Gasteiger partial charge in [-0.15, -0.1) is 13.2 Å². The molecule has 5 heteroatoms. The zero-order valence-corrected chi connectivity index (χ0v) is 12.0. The molecule has 1 aromatic rings. The summed E-state index contributed by atoms with van der Waals surface area (Å²) in [6.45, 7) is 5.54.